The van der Waals surface area contributed by atoms with Gasteiger partial charge in [0.15, 0.2) is 0 Å². The predicted molar refractivity (Wildman–Crippen MR) is 37.7 cm³/mol. The lowest BCUT2D eigenvalue weighted by molar-refractivity contribution is 0.469. The molecule has 53 valence electrons. The number of nitrogens with one attached hydrogen (secondary N) is 1. The van der Waals surface area contributed by atoms with Gasteiger partial charge in [0, 0.05) is 6.04 Å². The minimum atomic E-state index is 0.266. The van der Waals surface area contributed by atoms with E-state index in [0.717, 1.165) is 6.42 Å². The molecule has 2 heteroatoms. The third-order valence-corrected chi connectivity index (χ3v) is 1.13. The Balaban J connectivity index is 3.25. The van der Waals surface area contributed by atoms with Crippen molar-refractivity contribution in [1.29, 1.82) is 0 Å². The smallest absolute Gasteiger partial charge is 0.309 e. The standard InChI is InChI=1S/C7H14NO/c1-6(2)4-7(3)8-5-9/h6-7H,4H2,1-3H3,(H,8,9). The van der Waals surface area contributed by atoms with Crippen LogP contribution in [0.15, 0.2) is 0 Å². The van der Waals surface area contributed by atoms with Crippen LogP contribution in [0.4, 0.5) is 0 Å². The lowest BCUT2D eigenvalue weighted by atomic mass is 10.1. The zero-order chi connectivity index (χ0) is 7.28. The van der Waals surface area contributed by atoms with Crippen molar-refractivity contribution in [2.45, 2.75) is 33.2 Å². The molecule has 0 bridgehead atoms. The van der Waals surface area contributed by atoms with E-state index in [1.54, 1.807) is 6.41 Å². The maximum Gasteiger partial charge on any atom is 0.309 e. The van der Waals surface area contributed by atoms with Gasteiger partial charge in [0.1, 0.15) is 0 Å². The molecule has 1 unspecified atom stereocenters. The highest BCUT2D eigenvalue weighted by molar-refractivity contribution is 5.47. The number of rotatable bonds is 4. The Morgan fingerprint density at radius 3 is 2.33 bits per heavy atom. The molecule has 0 aromatic heterocycles. The third-order valence-electron chi connectivity index (χ3n) is 1.13. The number of carbonyl (C=O) groups excluding carboxylic acids is 1. The Kier molecular flexibility index (Phi) is 4.10. The molecule has 0 heterocycles. The highest BCUT2D eigenvalue weighted by atomic mass is 16.1. The summed E-state index contributed by atoms with van der Waals surface area (Å²) in [5.41, 5.74) is 0. The molecule has 0 aliphatic carbocycles. The summed E-state index contributed by atoms with van der Waals surface area (Å²) in [6.45, 7) is 6.23. The number of hydrogen-bond donors (Lipinski definition) is 1. The molecule has 0 fully saturated rings. The SMILES string of the molecule is CC(C)CC(C)N[C]=O. The van der Waals surface area contributed by atoms with E-state index in [0.29, 0.717) is 5.92 Å². The van der Waals surface area contributed by atoms with Gasteiger partial charge >= 0.3 is 6.41 Å². The summed E-state index contributed by atoms with van der Waals surface area (Å²) >= 11 is 0. The minimum absolute atomic E-state index is 0.266. The van der Waals surface area contributed by atoms with Crippen molar-refractivity contribution in [2.24, 2.45) is 5.92 Å². The normalized spacial score (nSPS) is 13.3. The van der Waals surface area contributed by atoms with E-state index in [4.69, 9.17) is 0 Å². The van der Waals surface area contributed by atoms with E-state index in [9.17, 15) is 4.79 Å². The largest absolute Gasteiger partial charge is 0.345 e. The van der Waals surface area contributed by atoms with Crippen molar-refractivity contribution in [2.75, 3.05) is 0 Å². The van der Waals surface area contributed by atoms with Crippen LogP contribution in [0.5, 0.6) is 0 Å². The second-order valence-electron chi connectivity index (χ2n) is 2.78. The lowest BCUT2D eigenvalue weighted by Crippen LogP contribution is -2.25. The quantitative estimate of drug-likeness (QED) is 0.564. The molecule has 1 radical (unpaired) electrons. The Labute approximate surface area is 56.6 Å². The highest BCUT2D eigenvalue weighted by Crippen LogP contribution is 2.02. The first-order valence-corrected chi connectivity index (χ1v) is 3.29. The van der Waals surface area contributed by atoms with Crippen molar-refractivity contribution in [3.8, 4) is 0 Å². The molecule has 9 heavy (non-hydrogen) atoms. The second-order valence-corrected chi connectivity index (χ2v) is 2.78. The molecule has 1 amide bonds. The zero-order valence-corrected chi connectivity index (χ0v) is 6.27. The molecule has 0 aromatic rings. The third kappa shape index (κ3) is 5.34. The Morgan fingerprint density at radius 2 is 2.00 bits per heavy atom. The summed E-state index contributed by atoms with van der Waals surface area (Å²) in [7, 11) is 0. The summed E-state index contributed by atoms with van der Waals surface area (Å²) < 4.78 is 0. The van der Waals surface area contributed by atoms with Crippen molar-refractivity contribution in [3.05, 3.63) is 0 Å². The fourth-order valence-electron chi connectivity index (χ4n) is 0.867. The summed E-state index contributed by atoms with van der Waals surface area (Å²) in [6.07, 6.45) is 2.70. The van der Waals surface area contributed by atoms with Gasteiger partial charge in [0.05, 0.1) is 0 Å². The molecule has 2 nitrogen and oxygen atoms in total. The summed E-state index contributed by atoms with van der Waals surface area (Å²) in [6, 6.07) is 0.266. The van der Waals surface area contributed by atoms with Crippen LogP contribution in [0.1, 0.15) is 27.2 Å². The van der Waals surface area contributed by atoms with Crippen LogP contribution in [0.25, 0.3) is 0 Å². The van der Waals surface area contributed by atoms with Gasteiger partial charge in [-0.05, 0) is 19.3 Å². The topological polar surface area (TPSA) is 29.1 Å². The van der Waals surface area contributed by atoms with E-state index in [1.165, 1.54) is 0 Å². The minimum Gasteiger partial charge on any atom is -0.345 e. The van der Waals surface area contributed by atoms with Gasteiger partial charge in [-0.2, -0.15) is 0 Å². The maximum absolute atomic E-state index is 9.76. The fraction of sp³-hybridized carbons (Fsp3) is 0.857. The van der Waals surface area contributed by atoms with Gasteiger partial charge in [0.25, 0.3) is 0 Å². The van der Waals surface area contributed by atoms with Crippen molar-refractivity contribution in [1.82, 2.24) is 5.32 Å². The van der Waals surface area contributed by atoms with Crippen LogP contribution in [0.2, 0.25) is 0 Å². The van der Waals surface area contributed by atoms with E-state index in [1.807, 2.05) is 6.92 Å². The van der Waals surface area contributed by atoms with E-state index in [2.05, 4.69) is 19.2 Å². The van der Waals surface area contributed by atoms with Gasteiger partial charge in [-0.15, -0.1) is 0 Å². The fourth-order valence-corrected chi connectivity index (χ4v) is 0.867. The van der Waals surface area contributed by atoms with Gasteiger partial charge in [-0.1, -0.05) is 13.8 Å². The van der Waals surface area contributed by atoms with Crippen molar-refractivity contribution < 1.29 is 4.79 Å². The van der Waals surface area contributed by atoms with E-state index >= 15 is 0 Å². The average molecular weight is 128 g/mol. The van der Waals surface area contributed by atoms with Crippen LogP contribution >= 0.6 is 0 Å². The monoisotopic (exact) mass is 128 g/mol. The average Bonchev–Trinajstić information content (AvgIpc) is 1.63. The maximum atomic E-state index is 9.76. The first-order chi connectivity index (χ1) is 4.16. The molecular formula is C7H14NO. The van der Waals surface area contributed by atoms with Gasteiger partial charge < -0.3 is 5.32 Å². The van der Waals surface area contributed by atoms with Crippen LogP contribution in [-0.2, 0) is 4.79 Å². The Hall–Kier alpha value is -0.530. The zero-order valence-electron chi connectivity index (χ0n) is 6.27. The van der Waals surface area contributed by atoms with Crippen LogP contribution in [0.3, 0.4) is 0 Å². The summed E-state index contributed by atoms with van der Waals surface area (Å²) in [4.78, 5) is 9.76. The van der Waals surface area contributed by atoms with Crippen LogP contribution in [0, 0.1) is 5.92 Å². The number of hydrogen-bond acceptors (Lipinski definition) is 1. The van der Waals surface area contributed by atoms with Gasteiger partial charge in [-0.25, -0.2) is 0 Å². The second kappa shape index (κ2) is 4.36. The summed E-state index contributed by atoms with van der Waals surface area (Å²) in [5.74, 6) is 0.640. The molecule has 1 atom stereocenters. The molecule has 0 aliphatic heterocycles. The summed E-state index contributed by atoms with van der Waals surface area (Å²) in [5, 5.41) is 2.57. The number of amides is 1. The molecule has 0 saturated heterocycles. The predicted octanol–water partition coefficient (Wildman–Crippen LogP) is 1.08. The molecule has 1 N–H and O–H groups in total. The Morgan fingerprint density at radius 1 is 1.44 bits per heavy atom. The van der Waals surface area contributed by atoms with E-state index < -0.39 is 0 Å². The first-order valence-electron chi connectivity index (χ1n) is 3.29. The molecule has 0 rings (SSSR count). The lowest BCUT2D eigenvalue weighted by Gasteiger charge is -2.10. The molecular weight excluding hydrogens is 114 g/mol. The van der Waals surface area contributed by atoms with Crippen molar-refractivity contribution >= 4 is 6.41 Å². The van der Waals surface area contributed by atoms with Crippen molar-refractivity contribution in [3.63, 3.8) is 0 Å². The molecule has 0 aliphatic rings. The molecule has 0 spiro atoms. The molecule has 0 aromatic carbocycles. The van der Waals surface area contributed by atoms with Gasteiger partial charge in [0.2, 0.25) is 0 Å². The van der Waals surface area contributed by atoms with Crippen LogP contribution in [-0.4, -0.2) is 12.5 Å². The first kappa shape index (κ1) is 8.47. The van der Waals surface area contributed by atoms with Crippen LogP contribution < -0.4 is 5.32 Å². The molecule has 0 saturated carbocycles. The van der Waals surface area contributed by atoms with Gasteiger partial charge in [-0.3, -0.25) is 4.79 Å². The van der Waals surface area contributed by atoms with E-state index in [-0.39, 0.29) is 6.04 Å². The highest BCUT2D eigenvalue weighted by Gasteiger charge is 2.01. The Bertz CT molecular complexity index is 81.0.